The number of aromatic nitrogens is 2. The van der Waals surface area contributed by atoms with E-state index in [0.29, 0.717) is 5.92 Å². The zero-order chi connectivity index (χ0) is 11.8. The summed E-state index contributed by atoms with van der Waals surface area (Å²) in [6.45, 7) is 3.13. The summed E-state index contributed by atoms with van der Waals surface area (Å²) in [6.07, 6.45) is 1.82. The van der Waals surface area contributed by atoms with Crippen molar-refractivity contribution in [1.82, 2.24) is 14.9 Å². The van der Waals surface area contributed by atoms with Crippen LogP contribution < -0.4 is 0 Å². The molecule has 2 aromatic rings. The summed E-state index contributed by atoms with van der Waals surface area (Å²) < 4.78 is 0. The van der Waals surface area contributed by atoms with Gasteiger partial charge in [-0.2, -0.15) is 0 Å². The molecule has 2 heterocycles. The Balaban J connectivity index is 1.85. The van der Waals surface area contributed by atoms with Crippen LogP contribution in [0.2, 0.25) is 0 Å². The van der Waals surface area contributed by atoms with Crippen LogP contribution in [-0.4, -0.2) is 33.9 Å². The van der Waals surface area contributed by atoms with E-state index in [-0.39, 0.29) is 5.91 Å². The molecule has 0 aliphatic carbocycles. The second kappa shape index (κ2) is 3.80. The lowest BCUT2D eigenvalue weighted by Gasteiger charge is -2.38. The van der Waals surface area contributed by atoms with E-state index in [2.05, 4.69) is 9.97 Å². The monoisotopic (exact) mass is 227 g/mol. The van der Waals surface area contributed by atoms with Gasteiger partial charge in [-0.15, -0.1) is 0 Å². The van der Waals surface area contributed by atoms with Crippen LogP contribution in [0.4, 0.5) is 0 Å². The van der Waals surface area contributed by atoms with Crippen molar-refractivity contribution >= 4 is 16.9 Å². The highest BCUT2D eigenvalue weighted by Crippen LogP contribution is 2.25. The number of hydrogen-bond acceptors (Lipinski definition) is 3. The third-order valence-electron chi connectivity index (χ3n) is 3.21. The molecule has 4 heteroatoms. The average molecular weight is 227 g/mol. The van der Waals surface area contributed by atoms with Crippen molar-refractivity contribution in [1.29, 1.82) is 0 Å². The Labute approximate surface area is 99.3 Å². The molecule has 1 fully saturated rings. The third-order valence-corrected chi connectivity index (χ3v) is 3.21. The van der Waals surface area contributed by atoms with Crippen LogP contribution in [0.5, 0.6) is 0 Å². The van der Waals surface area contributed by atoms with Gasteiger partial charge in [0.15, 0.2) is 0 Å². The van der Waals surface area contributed by atoms with E-state index in [4.69, 9.17) is 0 Å². The molecule has 1 aromatic carbocycles. The van der Waals surface area contributed by atoms with E-state index < -0.39 is 0 Å². The molecule has 3 rings (SSSR count). The molecular weight excluding hydrogens is 214 g/mol. The molecule has 1 amide bonds. The van der Waals surface area contributed by atoms with E-state index in [0.717, 1.165) is 29.8 Å². The number of para-hydroxylation sites is 2. The second-order valence-electron chi connectivity index (χ2n) is 4.40. The first kappa shape index (κ1) is 10.2. The highest BCUT2D eigenvalue weighted by atomic mass is 16.2. The number of hydrogen-bond donors (Lipinski definition) is 0. The molecule has 0 spiro atoms. The number of fused-ring (bicyclic) bond motifs is 1. The first-order chi connectivity index (χ1) is 8.24. The fraction of sp³-hybridized carbons (Fsp3) is 0.308. The van der Waals surface area contributed by atoms with Gasteiger partial charge < -0.3 is 4.90 Å². The molecule has 0 bridgehead atoms. The Hall–Kier alpha value is -1.97. The van der Waals surface area contributed by atoms with Gasteiger partial charge in [0.25, 0.3) is 0 Å². The van der Waals surface area contributed by atoms with Gasteiger partial charge in [-0.25, -0.2) is 4.98 Å². The standard InChI is InChI=1S/C13H13N3O/c1-9(17)16-7-10(8-16)13-6-14-11-4-2-3-5-12(11)15-13/h2-6,10H,7-8H2,1H3. The van der Waals surface area contributed by atoms with Crippen LogP contribution in [0.15, 0.2) is 30.5 Å². The molecule has 17 heavy (non-hydrogen) atoms. The first-order valence-corrected chi connectivity index (χ1v) is 5.71. The van der Waals surface area contributed by atoms with Gasteiger partial charge in [0, 0.05) is 32.1 Å². The molecule has 0 saturated carbocycles. The van der Waals surface area contributed by atoms with Gasteiger partial charge in [-0.3, -0.25) is 9.78 Å². The number of rotatable bonds is 1. The van der Waals surface area contributed by atoms with E-state index in [1.54, 1.807) is 6.92 Å². The molecule has 1 aliphatic rings. The normalized spacial score (nSPS) is 15.9. The van der Waals surface area contributed by atoms with Crippen molar-refractivity contribution in [3.8, 4) is 0 Å². The Morgan fingerprint density at radius 3 is 2.71 bits per heavy atom. The van der Waals surface area contributed by atoms with Crippen LogP contribution >= 0.6 is 0 Å². The maximum Gasteiger partial charge on any atom is 0.219 e. The minimum atomic E-state index is 0.134. The highest BCUT2D eigenvalue weighted by Gasteiger charge is 2.30. The minimum Gasteiger partial charge on any atom is -0.341 e. The topological polar surface area (TPSA) is 46.1 Å². The molecule has 0 radical (unpaired) electrons. The lowest BCUT2D eigenvalue weighted by Crippen LogP contribution is -2.47. The number of amides is 1. The van der Waals surface area contributed by atoms with Gasteiger partial charge in [0.05, 0.1) is 16.7 Å². The van der Waals surface area contributed by atoms with E-state index >= 15 is 0 Å². The van der Waals surface area contributed by atoms with Crippen molar-refractivity contribution in [2.45, 2.75) is 12.8 Å². The average Bonchev–Trinajstić information content (AvgIpc) is 2.26. The molecule has 4 nitrogen and oxygen atoms in total. The zero-order valence-electron chi connectivity index (χ0n) is 9.63. The summed E-state index contributed by atoms with van der Waals surface area (Å²) in [7, 11) is 0. The zero-order valence-corrected chi connectivity index (χ0v) is 9.63. The molecule has 1 saturated heterocycles. The Morgan fingerprint density at radius 2 is 2.00 bits per heavy atom. The summed E-state index contributed by atoms with van der Waals surface area (Å²) in [4.78, 5) is 21.9. The lowest BCUT2D eigenvalue weighted by atomic mass is 9.96. The molecule has 0 N–H and O–H groups in total. The molecule has 0 atom stereocenters. The number of nitrogens with zero attached hydrogens (tertiary/aromatic N) is 3. The summed E-state index contributed by atoms with van der Waals surface area (Å²) in [6, 6.07) is 7.84. The Bertz CT molecular complexity index is 576. The fourth-order valence-corrected chi connectivity index (χ4v) is 2.09. The summed E-state index contributed by atoms with van der Waals surface area (Å²) in [5.74, 6) is 0.478. The summed E-state index contributed by atoms with van der Waals surface area (Å²) >= 11 is 0. The van der Waals surface area contributed by atoms with E-state index in [1.807, 2.05) is 35.4 Å². The molecular formula is C13H13N3O. The summed E-state index contributed by atoms with van der Waals surface area (Å²) in [5, 5.41) is 0. The van der Waals surface area contributed by atoms with Crippen LogP contribution in [0.3, 0.4) is 0 Å². The highest BCUT2D eigenvalue weighted by molar-refractivity contribution is 5.75. The van der Waals surface area contributed by atoms with Gasteiger partial charge >= 0.3 is 0 Å². The van der Waals surface area contributed by atoms with Gasteiger partial charge in [0.1, 0.15) is 0 Å². The molecule has 1 aliphatic heterocycles. The summed E-state index contributed by atoms with van der Waals surface area (Å²) in [5.41, 5.74) is 2.83. The van der Waals surface area contributed by atoms with Crippen LogP contribution in [0.1, 0.15) is 18.5 Å². The number of carbonyl (C=O) groups excluding carboxylic acids is 1. The number of carbonyl (C=O) groups is 1. The van der Waals surface area contributed by atoms with Gasteiger partial charge in [0.2, 0.25) is 5.91 Å². The van der Waals surface area contributed by atoms with E-state index in [1.165, 1.54) is 0 Å². The second-order valence-corrected chi connectivity index (χ2v) is 4.40. The number of likely N-dealkylation sites (tertiary alicyclic amines) is 1. The maximum absolute atomic E-state index is 11.1. The predicted octanol–water partition coefficient (Wildman–Crippen LogP) is 1.58. The quantitative estimate of drug-likeness (QED) is 0.743. The van der Waals surface area contributed by atoms with Gasteiger partial charge in [-0.1, -0.05) is 12.1 Å². The molecule has 0 unspecified atom stereocenters. The van der Waals surface area contributed by atoms with Gasteiger partial charge in [-0.05, 0) is 12.1 Å². The first-order valence-electron chi connectivity index (χ1n) is 5.71. The fourth-order valence-electron chi connectivity index (χ4n) is 2.09. The lowest BCUT2D eigenvalue weighted by molar-refractivity contribution is -0.133. The maximum atomic E-state index is 11.1. The van der Waals surface area contributed by atoms with Crippen molar-refractivity contribution in [3.63, 3.8) is 0 Å². The van der Waals surface area contributed by atoms with Crippen molar-refractivity contribution in [2.75, 3.05) is 13.1 Å². The Morgan fingerprint density at radius 1 is 1.29 bits per heavy atom. The number of benzene rings is 1. The van der Waals surface area contributed by atoms with Crippen molar-refractivity contribution in [2.24, 2.45) is 0 Å². The smallest absolute Gasteiger partial charge is 0.219 e. The van der Waals surface area contributed by atoms with Crippen LogP contribution in [0, 0.1) is 0 Å². The Kier molecular flexibility index (Phi) is 2.28. The minimum absolute atomic E-state index is 0.134. The predicted molar refractivity (Wildman–Crippen MR) is 64.5 cm³/mol. The largest absolute Gasteiger partial charge is 0.341 e. The van der Waals surface area contributed by atoms with Crippen LogP contribution in [0.25, 0.3) is 11.0 Å². The van der Waals surface area contributed by atoms with Crippen LogP contribution in [-0.2, 0) is 4.79 Å². The molecule has 1 aromatic heterocycles. The SMILES string of the molecule is CC(=O)N1CC(c2cnc3ccccc3n2)C1. The van der Waals surface area contributed by atoms with Crippen molar-refractivity contribution < 1.29 is 4.79 Å². The third kappa shape index (κ3) is 1.75. The van der Waals surface area contributed by atoms with E-state index in [9.17, 15) is 4.79 Å². The molecule has 86 valence electrons. The van der Waals surface area contributed by atoms with Crippen molar-refractivity contribution in [3.05, 3.63) is 36.2 Å².